The van der Waals surface area contributed by atoms with Gasteiger partial charge in [-0.25, -0.2) is 4.98 Å². The maximum absolute atomic E-state index is 12.4. The first-order valence-electron chi connectivity index (χ1n) is 9.81. The summed E-state index contributed by atoms with van der Waals surface area (Å²) in [5.74, 6) is 1.48. The summed E-state index contributed by atoms with van der Waals surface area (Å²) in [6, 6.07) is 19.2. The minimum absolute atomic E-state index is 0.235. The second kappa shape index (κ2) is 9.22. The van der Waals surface area contributed by atoms with Gasteiger partial charge in [-0.3, -0.25) is 9.59 Å². The van der Waals surface area contributed by atoms with Crippen LogP contribution in [0.3, 0.4) is 0 Å². The first-order valence-corrected chi connectivity index (χ1v) is 9.81. The van der Waals surface area contributed by atoms with Crippen LogP contribution < -0.4 is 25.1 Å². The highest BCUT2D eigenvalue weighted by molar-refractivity contribution is 5.92. The maximum Gasteiger partial charge on any atom is 0.262 e. The Bertz CT molecular complexity index is 1330. The molecule has 1 aromatic heterocycles. The smallest absolute Gasteiger partial charge is 0.262 e. The third kappa shape index (κ3) is 4.54. The van der Waals surface area contributed by atoms with Crippen molar-refractivity contribution in [1.29, 1.82) is 0 Å². The number of aromatic nitrogens is 2. The van der Waals surface area contributed by atoms with Crippen LogP contribution in [0, 0.1) is 0 Å². The minimum Gasteiger partial charge on any atom is -0.497 e. The van der Waals surface area contributed by atoms with Crippen LogP contribution in [-0.4, -0.2) is 36.7 Å². The maximum atomic E-state index is 12.4. The highest BCUT2D eigenvalue weighted by atomic mass is 16.5. The van der Waals surface area contributed by atoms with E-state index in [0.29, 0.717) is 45.2 Å². The molecule has 3 aromatic carbocycles. The summed E-state index contributed by atoms with van der Waals surface area (Å²) in [6.07, 6.45) is 0. The molecule has 0 saturated heterocycles. The third-order valence-corrected chi connectivity index (χ3v) is 4.76. The molecule has 8 nitrogen and oxygen atoms in total. The lowest BCUT2D eigenvalue weighted by molar-refractivity contribution is -0.118. The number of rotatable bonds is 7. The van der Waals surface area contributed by atoms with Crippen LogP contribution in [0.15, 0.2) is 71.5 Å². The number of hydrogen-bond donors (Lipinski definition) is 2. The molecule has 0 unspecified atom stereocenters. The molecule has 32 heavy (non-hydrogen) atoms. The molecule has 0 spiro atoms. The Labute approximate surface area is 183 Å². The van der Waals surface area contributed by atoms with Crippen molar-refractivity contribution in [2.45, 2.75) is 0 Å². The fraction of sp³-hybridized carbons (Fsp3) is 0.125. The summed E-state index contributed by atoms with van der Waals surface area (Å²) >= 11 is 0. The number of methoxy groups -OCH3 is 2. The van der Waals surface area contributed by atoms with Crippen molar-refractivity contribution in [3.63, 3.8) is 0 Å². The zero-order valence-corrected chi connectivity index (χ0v) is 17.5. The van der Waals surface area contributed by atoms with Crippen molar-refractivity contribution in [3.05, 3.63) is 77.1 Å². The normalized spacial score (nSPS) is 10.6. The summed E-state index contributed by atoms with van der Waals surface area (Å²) in [6.45, 7) is -0.237. The van der Waals surface area contributed by atoms with E-state index in [1.807, 2.05) is 6.07 Å². The van der Waals surface area contributed by atoms with Crippen LogP contribution >= 0.6 is 0 Å². The number of para-hydroxylation sites is 1. The van der Waals surface area contributed by atoms with Gasteiger partial charge >= 0.3 is 0 Å². The highest BCUT2D eigenvalue weighted by Gasteiger charge is 2.12. The van der Waals surface area contributed by atoms with Crippen LogP contribution in [0.5, 0.6) is 17.2 Å². The topological polar surface area (TPSA) is 103 Å². The quantitative estimate of drug-likeness (QED) is 0.463. The zero-order valence-electron chi connectivity index (χ0n) is 17.5. The molecule has 0 aliphatic heterocycles. The molecule has 4 rings (SSSR count). The molecule has 0 saturated carbocycles. The van der Waals surface area contributed by atoms with Crippen LogP contribution in [0.4, 0.5) is 5.69 Å². The number of hydrogen-bond acceptors (Lipinski definition) is 6. The molecule has 1 heterocycles. The number of anilines is 1. The molecule has 8 heteroatoms. The Morgan fingerprint density at radius 1 is 0.969 bits per heavy atom. The van der Waals surface area contributed by atoms with Gasteiger partial charge in [0.25, 0.3) is 11.5 Å². The molecule has 0 atom stereocenters. The molecule has 0 aliphatic carbocycles. The van der Waals surface area contributed by atoms with Gasteiger partial charge in [0, 0.05) is 17.3 Å². The largest absolute Gasteiger partial charge is 0.497 e. The van der Waals surface area contributed by atoms with E-state index in [-0.39, 0.29) is 18.1 Å². The molecule has 1 amide bonds. The minimum atomic E-state index is -0.344. The average molecular weight is 431 g/mol. The number of fused-ring (bicyclic) bond motifs is 1. The van der Waals surface area contributed by atoms with Gasteiger partial charge in [0.05, 0.1) is 25.1 Å². The Kier molecular flexibility index (Phi) is 6.03. The van der Waals surface area contributed by atoms with Crippen molar-refractivity contribution in [2.75, 3.05) is 26.1 Å². The third-order valence-electron chi connectivity index (χ3n) is 4.76. The zero-order chi connectivity index (χ0) is 22.5. The lowest BCUT2D eigenvalue weighted by atomic mass is 10.1. The molecule has 4 aromatic rings. The lowest BCUT2D eigenvalue weighted by Gasteiger charge is -2.13. The molecule has 162 valence electrons. The van der Waals surface area contributed by atoms with Gasteiger partial charge in [0.15, 0.2) is 18.1 Å². The van der Waals surface area contributed by atoms with Crippen molar-refractivity contribution in [1.82, 2.24) is 9.97 Å². The van der Waals surface area contributed by atoms with E-state index in [9.17, 15) is 9.59 Å². The summed E-state index contributed by atoms with van der Waals surface area (Å²) in [5, 5.41) is 3.26. The predicted molar refractivity (Wildman–Crippen MR) is 121 cm³/mol. The van der Waals surface area contributed by atoms with E-state index in [4.69, 9.17) is 14.2 Å². The van der Waals surface area contributed by atoms with Crippen molar-refractivity contribution < 1.29 is 19.0 Å². The summed E-state index contributed by atoms with van der Waals surface area (Å²) in [4.78, 5) is 32.1. The molecule has 0 fully saturated rings. The number of carbonyl (C=O) groups excluding carboxylic acids is 1. The fourth-order valence-electron chi connectivity index (χ4n) is 3.20. The first-order chi connectivity index (χ1) is 15.6. The Morgan fingerprint density at radius 3 is 2.62 bits per heavy atom. The number of H-pyrrole nitrogens is 1. The van der Waals surface area contributed by atoms with E-state index in [1.165, 1.54) is 7.11 Å². The SMILES string of the molecule is COc1cccc(NC(=O)COc2cc(-c3nc4ccccc4c(=O)[nH]3)ccc2OC)c1. The van der Waals surface area contributed by atoms with Crippen molar-refractivity contribution in [3.8, 4) is 28.6 Å². The summed E-state index contributed by atoms with van der Waals surface area (Å²) in [5.41, 5.74) is 1.57. The fourth-order valence-corrected chi connectivity index (χ4v) is 3.20. The van der Waals surface area contributed by atoms with E-state index in [2.05, 4.69) is 15.3 Å². The Morgan fingerprint density at radius 2 is 1.81 bits per heavy atom. The van der Waals surface area contributed by atoms with Crippen molar-refractivity contribution >= 4 is 22.5 Å². The van der Waals surface area contributed by atoms with Gasteiger partial charge in [-0.2, -0.15) is 0 Å². The number of nitrogens with zero attached hydrogens (tertiary/aromatic N) is 1. The van der Waals surface area contributed by atoms with Crippen LogP contribution in [-0.2, 0) is 4.79 Å². The van der Waals surface area contributed by atoms with E-state index >= 15 is 0 Å². The van der Waals surface area contributed by atoms with Gasteiger partial charge in [0.1, 0.15) is 11.6 Å². The first kappa shape index (κ1) is 20.9. The highest BCUT2D eigenvalue weighted by Crippen LogP contribution is 2.31. The van der Waals surface area contributed by atoms with Crippen molar-refractivity contribution in [2.24, 2.45) is 0 Å². The number of ether oxygens (including phenoxy) is 3. The molecule has 0 bridgehead atoms. The number of benzene rings is 3. The number of nitrogens with one attached hydrogen (secondary N) is 2. The molecule has 2 N–H and O–H groups in total. The second-order valence-electron chi connectivity index (χ2n) is 6.87. The van der Waals surface area contributed by atoms with Crippen LogP contribution in [0.25, 0.3) is 22.3 Å². The van der Waals surface area contributed by atoms with Gasteiger partial charge < -0.3 is 24.5 Å². The van der Waals surface area contributed by atoms with E-state index in [0.717, 1.165) is 0 Å². The van der Waals surface area contributed by atoms with Gasteiger partial charge in [0.2, 0.25) is 0 Å². The number of carbonyl (C=O) groups is 1. The molecular weight excluding hydrogens is 410 g/mol. The summed E-state index contributed by atoms with van der Waals surface area (Å²) < 4.78 is 16.2. The molecule has 0 aliphatic rings. The van der Waals surface area contributed by atoms with E-state index in [1.54, 1.807) is 67.8 Å². The summed E-state index contributed by atoms with van der Waals surface area (Å²) in [7, 11) is 3.06. The Hall–Kier alpha value is -4.33. The van der Waals surface area contributed by atoms with E-state index < -0.39 is 0 Å². The number of aromatic amines is 1. The Balaban J connectivity index is 1.55. The number of amides is 1. The molecule has 0 radical (unpaired) electrons. The van der Waals surface area contributed by atoms with Gasteiger partial charge in [-0.1, -0.05) is 18.2 Å². The van der Waals surface area contributed by atoms with Crippen LogP contribution in [0.1, 0.15) is 0 Å². The second-order valence-corrected chi connectivity index (χ2v) is 6.87. The van der Waals surface area contributed by atoms with Gasteiger partial charge in [-0.15, -0.1) is 0 Å². The predicted octanol–water partition coefficient (Wildman–Crippen LogP) is 3.62. The molecular formula is C24H21N3O5. The monoisotopic (exact) mass is 431 g/mol. The lowest BCUT2D eigenvalue weighted by Crippen LogP contribution is -2.20. The average Bonchev–Trinajstić information content (AvgIpc) is 2.82. The standard InChI is InChI=1S/C24H21N3O5/c1-30-17-7-5-6-16(13-17)25-22(28)14-32-21-12-15(10-11-20(21)31-2)23-26-19-9-4-3-8-18(19)24(29)27-23/h3-13H,14H2,1-2H3,(H,25,28)(H,26,27,29). The van der Waals surface area contributed by atoms with Gasteiger partial charge in [-0.05, 0) is 42.5 Å². The van der Waals surface area contributed by atoms with Crippen LogP contribution in [0.2, 0.25) is 0 Å².